The molecule has 0 radical (unpaired) electrons. The molecule has 0 nitrogen and oxygen atoms in total. The Bertz CT molecular complexity index is 1030. The second-order valence-corrected chi connectivity index (χ2v) is 12.1. The van der Waals surface area contributed by atoms with Gasteiger partial charge < -0.3 is 0 Å². The molecule has 0 saturated heterocycles. The second kappa shape index (κ2) is 17.1. The van der Waals surface area contributed by atoms with Gasteiger partial charge in [0.05, 0.1) is 0 Å². The molecule has 0 N–H and O–H groups in total. The summed E-state index contributed by atoms with van der Waals surface area (Å²) in [7, 11) is 0. The van der Waals surface area contributed by atoms with Crippen LogP contribution >= 0.6 is 24.8 Å². The van der Waals surface area contributed by atoms with E-state index in [1.54, 1.807) is 0 Å². The van der Waals surface area contributed by atoms with Crippen molar-refractivity contribution in [2.75, 3.05) is 0 Å². The van der Waals surface area contributed by atoms with Gasteiger partial charge in [0.15, 0.2) is 0 Å². The third-order valence-electron chi connectivity index (χ3n) is 5.66. The van der Waals surface area contributed by atoms with E-state index in [0.717, 1.165) is 12.8 Å². The summed E-state index contributed by atoms with van der Waals surface area (Å²) < 4.78 is 2.09. The minimum Gasteiger partial charge on any atom is -0.273 e. The van der Waals surface area contributed by atoms with Crippen molar-refractivity contribution < 1.29 is 24.2 Å². The van der Waals surface area contributed by atoms with Crippen LogP contribution in [0.4, 0.5) is 0 Å². The van der Waals surface area contributed by atoms with Gasteiger partial charge in [-0.2, -0.15) is 66.2 Å². The Morgan fingerprint density at radius 1 is 0.838 bits per heavy atom. The molecule has 37 heavy (non-hydrogen) atoms. The summed E-state index contributed by atoms with van der Waals surface area (Å²) >= 11 is 1.51. The maximum absolute atomic E-state index is 3.67. The van der Waals surface area contributed by atoms with Gasteiger partial charge in [-0.3, -0.25) is 6.08 Å². The van der Waals surface area contributed by atoms with Gasteiger partial charge in [-0.05, 0) is 28.4 Å². The van der Waals surface area contributed by atoms with Crippen molar-refractivity contribution in [1.29, 1.82) is 0 Å². The van der Waals surface area contributed by atoms with Crippen molar-refractivity contribution >= 4 is 28.5 Å². The molecule has 0 unspecified atom stereocenters. The Morgan fingerprint density at radius 3 is 1.86 bits per heavy atom. The van der Waals surface area contributed by atoms with Crippen LogP contribution in [0.3, 0.4) is 0 Å². The van der Waals surface area contributed by atoms with Crippen molar-refractivity contribution in [3.05, 3.63) is 119 Å². The van der Waals surface area contributed by atoms with Crippen LogP contribution in [0.25, 0.3) is 11.1 Å². The van der Waals surface area contributed by atoms with Gasteiger partial charge in [-0.15, -0.1) is 42.4 Å². The third kappa shape index (κ3) is 11.8. The van der Waals surface area contributed by atoms with E-state index in [9.17, 15) is 0 Å². The van der Waals surface area contributed by atoms with Crippen molar-refractivity contribution in [1.82, 2.24) is 0 Å². The average Bonchev–Trinajstić information content (AvgIpc) is 3.51. The van der Waals surface area contributed by atoms with Crippen LogP contribution in [0, 0.1) is 18.2 Å². The minimum atomic E-state index is 0. The van der Waals surface area contributed by atoms with Gasteiger partial charge >= 0.3 is 34.9 Å². The van der Waals surface area contributed by atoms with E-state index in [2.05, 4.69) is 99.9 Å². The molecule has 3 aromatic carbocycles. The quantitative estimate of drug-likeness (QED) is 0.174. The van der Waals surface area contributed by atoms with Gasteiger partial charge in [0.25, 0.3) is 0 Å². The molecule has 3 aromatic rings. The standard InChI is InChI=1S/C21H25.C6H5.C5H5.C2H4.2ClH.Zr/c1-20(2,3)16-7-9-18-14(12-16)11-15-13-17(21(4,5)6)8-10-19(15)18;1-2-4-6-5-3-1;1-2-4-5-3-1;1-2;;;/h7-10,12H,11H2,1-6H3;1-5H;1-3H,4H2;1H,2H3;2*1H;/q3*-1;;;;. The summed E-state index contributed by atoms with van der Waals surface area (Å²) in [5, 5.41) is 0. The van der Waals surface area contributed by atoms with Crippen molar-refractivity contribution in [2.45, 2.75) is 72.1 Å². The molecule has 0 aliphatic heterocycles. The van der Waals surface area contributed by atoms with Crippen LogP contribution < -0.4 is 0 Å². The number of fused-ring (bicyclic) bond motifs is 3. The molecular formula is C34H41Cl2Zr-3. The van der Waals surface area contributed by atoms with Crippen LogP contribution in [0.2, 0.25) is 0 Å². The normalized spacial score (nSPS) is 11.9. The van der Waals surface area contributed by atoms with E-state index in [1.165, 1.54) is 57.6 Å². The van der Waals surface area contributed by atoms with Gasteiger partial charge in [-0.1, -0.05) is 65.3 Å². The fourth-order valence-corrected chi connectivity index (χ4v) is 3.71. The summed E-state index contributed by atoms with van der Waals surface area (Å²) in [5.74, 6) is 0. The maximum atomic E-state index is 3.67. The molecular weight excluding hydrogens is 571 g/mol. The van der Waals surface area contributed by atoms with E-state index in [1.807, 2.05) is 49.4 Å². The molecule has 0 bridgehead atoms. The molecule has 0 heterocycles. The first-order chi connectivity index (χ1) is 16.6. The summed E-state index contributed by atoms with van der Waals surface area (Å²) in [6.45, 7) is 15.6. The second-order valence-electron chi connectivity index (χ2n) is 10.7. The van der Waals surface area contributed by atoms with E-state index in [4.69, 9.17) is 0 Å². The molecule has 2 aliphatic carbocycles. The largest absolute Gasteiger partial charge is 0.273 e. The Hall–Kier alpha value is -1.53. The van der Waals surface area contributed by atoms with Gasteiger partial charge in [0.2, 0.25) is 0 Å². The smallest absolute Gasteiger partial charge is 0.109 e. The zero-order valence-electron chi connectivity index (χ0n) is 23.3. The van der Waals surface area contributed by atoms with Gasteiger partial charge in [0.1, 0.15) is 0 Å². The van der Waals surface area contributed by atoms with Crippen LogP contribution in [0.15, 0.2) is 78.9 Å². The predicted octanol–water partition coefficient (Wildman–Crippen LogP) is 9.64. The van der Waals surface area contributed by atoms with Crippen molar-refractivity contribution in [3.8, 4) is 11.1 Å². The zero-order valence-corrected chi connectivity index (χ0v) is 27.4. The molecule has 2 aliphatic rings. The molecule has 3 heteroatoms. The molecule has 5 rings (SSSR count). The van der Waals surface area contributed by atoms with Gasteiger partial charge in [0, 0.05) is 0 Å². The SMILES string of the molecule is CC(C)(C)c1[c-]c2c(cc1)-c1ccc(C(C)(C)C)cc1C2.C[CH]=[Zr].Cl.Cl.[C-]1=CC=CC1.[c-]1ccccc1. The molecule has 0 amide bonds. The number of allylic oxidation sites excluding steroid dienone is 4. The maximum Gasteiger partial charge on any atom is -0.109 e. The predicted molar refractivity (Wildman–Crippen MR) is 164 cm³/mol. The van der Waals surface area contributed by atoms with Crippen LogP contribution in [0.1, 0.15) is 77.1 Å². The first kappa shape index (κ1) is 35.5. The fourth-order valence-electron chi connectivity index (χ4n) is 3.71. The molecule has 0 aromatic heterocycles. The Morgan fingerprint density at radius 2 is 1.46 bits per heavy atom. The summed E-state index contributed by atoms with van der Waals surface area (Å²) in [6.07, 6.45) is 11.0. The number of benzene rings is 3. The topological polar surface area (TPSA) is 0 Å². The zero-order chi connectivity index (χ0) is 25.9. The van der Waals surface area contributed by atoms with Gasteiger partial charge in [-0.25, -0.2) is 12.2 Å². The molecule has 0 saturated carbocycles. The molecule has 0 fully saturated rings. The fraction of sp³-hybridized carbons (Fsp3) is 0.324. The van der Waals surface area contributed by atoms with E-state index in [-0.39, 0.29) is 35.6 Å². The first-order valence-corrected chi connectivity index (χ1v) is 13.8. The van der Waals surface area contributed by atoms with E-state index >= 15 is 0 Å². The number of halogens is 2. The van der Waals surface area contributed by atoms with Crippen LogP contribution in [0.5, 0.6) is 0 Å². The first-order valence-electron chi connectivity index (χ1n) is 12.3. The molecule has 198 valence electrons. The minimum absolute atomic E-state index is 0. The van der Waals surface area contributed by atoms with Crippen LogP contribution in [-0.2, 0) is 41.5 Å². The number of hydrogen-bond donors (Lipinski definition) is 0. The Labute approximate surface area is 253 Å². The summed E-state index contributed by atoms with van der Waals surface area (Å²) in [5.41, 5.74) is 8.70. The van der Waals surface area contributed by atoms with E-state index in [0.29, 0.717) is 0 Å². The Kier molecular flexibility index (Phi) is 16.4. The third-order valence-corrected chi connectivity index (χ3v) is 5.66. The molecule has 0 spiro atoms. The summed E-state index contributed by atoms with van der Waals surface area (Å²) in [4.78, 5) is 0. The Balaban J connectivity index is 0.000000665. The number of rotatable bonds is 0. The van der Waals surface area contributed by atoms with Crippen molar-refractivity contribution in [2.24, 2.45) is 0 Å². The number of hydrogen-bond acceptors (Lipinski definition) is 0. The molecule has 0 atom stereocenters. The van der Waals surface area contributed by atoms with Crippen molar-refractivity contribution in [3.63, 3.8) is 0 Å². The van der Waals surface area contributed by atoms with Crippen LogP contribution in [-0.4, -0.2) is 3.71 Å². The monoisotopic (exact) mass is 609 g/mol. The average molecular weight is 612 g/mol. The van der Waals surface area contributed by atoms with E-state index < -0.39 is 0 Å². The summed E-state index contributed by atoms with van der Waals surface area (Å²) in [6, 6.07) is 27.7.